The van der Waals surface area contributed by atoms with Crippen LogP contribution in [-0.4, -0.2) is 81.4 Å². The third kappa shape index (κ3) is 13.7. The van der Waals surface area contributed by atoms with Crippen molar-refractivity contribution >= 4 is 47.1 Å². The van der Waals surface area contributed by atoms with E-state index in [0.717, 1.165) is 6.04 Å². The van der Waals surface area contributed by atoms with Gasteiger partial charge in [-0.05, 0) is 84.8 Å². The van der Waals surface area contributed by atoms with Crippen molar-refractivity contribution in [2.24, 2.45) is 5.92 Å². The van der Waals surface area contributed by atoms with Crippen LogP contribution >= 0.6 is 0 Å². The minimum atomic E-state index is -2.81. The SMILES string of the molecule is COCOc1ccc(F)c(/C=C/C[C@H]2OC(C)(C)O[C@@H]2C(/C=C\[C@@H](C)[C@H](C)O[Si](c2ccccc2)(c2ccccc2)C(C)(C)C)O[Si](C)(C)C(C)(C)C)c1C(=O)OCC[Si](C)(C)C. The Hall–Kier alpha value is -3.21. The second-order valence-corrected chi connectivity index (χ2v) is 35.8. The van der Waals surface area contributed by atoms with Crippen LogP contribution in [0.3, 0.4) is 0 Å². The number of hydrogen-bond acceptors (Lipinski definition) is 8. The van der Waals surface area contributed by atoms with Crippen molar-refractivity contribution in [2.45, 2.75) is 155 Å². The standard InChI is InChI=1S/C51H77FO8Si3/c1-37(38(2)59-63(50(6,7)8,39-24-19-17-20-25-39)40-26-21-18-22-27-40)30-32-45(60-62(15,16)49(3,4)5)47-44(57-51(9,10)58-47)29-23-28-41-42(52)31-33-43(56-36-54-11)46(41)48(53)55-34-35-61(12,13)14/h17-28,30-33,37-38,44-45,47H,29,34-36H2,1-16H3/b28-23+,32-30-/t37-,38+,44-,45?,47+/m1/s1. The van der Waals surface area contributed by atoms with Gasteiger partial charge >= 0.3 is 5.97 Å². The minimum Gasteiger partial charge on any atom is -0.467 e. The average molecular weight is 921 g/mol. The van der Waals surface area contributed by atoms with Gasteiger partial charge in [-0.15, -0.1) is 0 Å². The van der Waals surface area contributed by atoms with Crippen molar-refractivity contribution < 1.29 is 41.7 Å². The van der Waals surface area contributed by atoms with Crippen LogP contribution in [0, 0.1) is 11.7 Å². The Bertz CT molecular complexity index is 1940. The molecular formula is C51H77FO8Si3. The van der Waals surface area contributed by atoms with Gasteiger partial charge in [-0.25, -0.2) is 9.18 Å². The second-order valence-electron chi connectivity index (χ2n) is 21.2. The van der Waals surface area contributed by atoms with Crippen LogP contribution in [0.15, 0.2) is 91.0 Å². The van der Waals surface area contributed by atoms with Crippen LogP contribution < -0.4 is 15.1 Å². The molecule has 1 unspecified atom stereocenters. The van der Waals surface area contributed by atoms with Crippen LogP contribution in [0.1, 0.15) is 91.6 Å². The monoisotopic (exact) mass is 920 g/mol. The summed E-state index contributed by atoms with van der Waals surface area (Å²) in [4.78, 5) is 13.6. The number of methoxy groups -OCH3 is 1. The molecule has 0 spiro atoms. The van der Waals surface area contributed by atoms with Gasteiger partial charge in [0.25, 0.3) is 8.32 Å². The largest absolute Gasteiger partial charge is 0.467 e. The van der Waals surface area contributed by atoms with Gasteiger partial charge in [0.2, 0.25) is 0 Å². The lowest BCUT2D eigenvalue weighted by Gasteiger charge is -2.45. The number of halogens is 1. The first-order valence-electron chi connectivity index (χ1n) is 22.5. The molecule has 0 amide bonds. The van der Waals surface area contributed by atoms with Crippen molar-refractivity contribution in [1.82, 2.24) is 0 Å². The molecule has 0 radical (unpaired) electrons. The zero-order valence-corrected chi connectivity index (χ0v) is 44.1. The van der Waals surface area contributed by atoms with E-state index in [0.29, 0.717) is 6.42 Å². The summed E-state index contributed by atoms with van der Waals surface area (Å²) >= 11 is 0. The highest BCUT2D eigenvalue weighted by molar-refractivity contribution is 6.99. The number of carbonyl (C=O) groups excluding carboxylic acids is 1. The zero-order chi connectivity index (χ0) is 47.0. The molecule has 4 rings (SSSR count). The lowest BCUT2D eigenvalue weighted by molar-refractivity contribution is -0.151. The lowest BCUT2D eigenvalue weighted by atomic mass is 10.00. The molecule has 348 valence electrons. The number of ether oxygens (including phenoxy) is 5. The van der Waals surface area contributed by atoms with Crippen molar-refractivity contribution in [2.75, 3.05) is 20.5 Å². The van der Waals surface area contributed by atoms with Gasteiger partial charge in [-0.2, -0.15) is 0 Å². The molecule has 1 aliphatic heterocycles. The number of esters is 1. The molecule has 0 bridgehead atoms. The fraction of sp³-hybridized carbons (Fsp3) is 0.549. The van der Waals surface area contributed by atoms with Crippen molar-refractivity contribution in [3.05, 3.63) is 108 Å². The van der Waals surface area contributed by atoms with E-state index in [1.54, 1.807) is 6.08 Å². The van der Waals surface area contributed by atoms with E-state index in [9.17, 15) is 4.79 Å². The molecule has 0 saturated carbocycles. The molecule has 0 aliphatic carbocycles. The highest BCUT2D eigenvalue weighted by Crippen LogP contribution is 2.42. The Morgan fingerprint density at radius 2 is 1.41 bits per heavy atom. The molecule has 1 heterocycles. The molecule has 63 heavy (non-hydrogen) atoms. The number of carbonyl (C=O) groups is 1. The van der Waals surface area contributed by atoms with Crippen molar-refractivity contribution in [3.8, 4) is 5.75 Å². The molecule has 0 N–H and O–H groups in total. The maximum absolute atomic E-state index is 15.7. The first-order chi connectivity index (χ1) is 29.2. The van der Waals surface area contributed by atoms with E-state index >= 15 is 4.39 Å². The lowest BCUT2D eigenvalue weighted by Crippen LogP contribution is -2.67. The summed E-state index contributed by atoms with van der Waals surface area (Å²) in [5.74, 6) is -1.94. The molecule has 5 atom stereocenters. The quantitative estimate of drug-likeness (QED) is 0.0480. The van der Waals surface area contributed by atoms with E-state index in [1.165, 1.54) is 29.6 Å². The molecular weight excluding hydrogens is 844 g/mol. The Kier molecular flexibility index (Phi) is 17.8. The molecule has 1 aliphatic rings. The van der Waals surface area contributed by atoms with Crippen molar-refractivity contribution in [1.29, 1.82) is 0 Å². The van der Waals surface area contributed by atoms with Crippen LogP contribution in [0.4, 0.5) is 4.39 Å². The van der Waals surface area contributed by atoms with Gasteiger partial charge < -0.3 is 32.5 Å². The predicted molar refractivity (Wildman–Crippen MR) is 263 cm³/mol. The fourth-order valence-corrected chi connectivity index (χ4v) is 14.4. The summed E-state index contributed by atoms with van der Waals surface area (Å²) in [6, 6.07) is 24.9. The molecule has 0 aromatic heterocycles. The minimum absolute atomic E-state index is 0.00494. The first-order valence-corrected chi connectivity index (χ1v) is 31.0. The molecule has 12 heteroatoms. The second kappa shape index (κ2) is 21.4. The van der Waals surface area contributed by atoms with E-state index in [-0.39, 0.29) is 52.4 Å². The van der Waals surface area contributed by atoms with Gasteiger partial charge in [0.1, 0.15) is 23.2 Å². The molecule has 1 fully saturated rings. The Balaban J connectivity index is 1.70. The fourth-order valence-electron chi connectivity index (χ4n) is 7.61. The van der Waals surface area contributed by atoms with E-state index < -0.39 is 60.6 Å². The molecule has 3 aromatic carbocycles. The summed E-state index contributed by atoms with van der Waals surface area (Å²) in [5, 5.41) is 2.22. The van der Waals surface area contributed by atoms with E-state index in [2.05, 4.69) is 161 Å². The maximum Gasteiger partial charge on any atom is 0.342 e. The Morgan fingerprint density at radius 3 is 1.94 bits per heavy atom. The summed E-state index contributed by atoms with van der Waals surface area (Å²) in [5.41, 5.74) is 0.0961. The zero-order valence-electron chi connectivity index (χ0n) is 41.1. The molecule has 3 aromatic rings. The predicted octanol–water partition coefficient (Wildman–Crippen LogP) is 11.8. The number of benzene rings is 3. The Morgan fingerprint density at radius 1 is 0.825 bits per heavy atom. The van der Waals surface area contributed by atoms with Crippen LogP contribution in [0.25, 0.3) is 6.08 Å². The molecule has 1 saturated heterocycles. The maximum atomic E-state index is 15.7. The summed E-state index contributed by atoms with van der Waals surface area (Å²) in [6.45, 7) is 33.0. The molecule has 8 nitrogen and oxygen atoms in total. The van der Waals surface area contributed by atoms with Gasteiger partial charge in [0, 0.05) is 26.9 Å². The van der Waals surface area contributed by atoms with Gasteiger partial charge in [-0.1, -0.05) is 153 Å². The first kappa shape index (κ1) is 52.4. The van der Waals surface area contributed by atoms with E-state index in [4.69, 9.17) is 32.5 Å². The third-order valence-electron chi connectivity index (χ3n) is 12.3. The van der Waals surface area contributed by atoms with Crippen LogP contribution in [0.5, 0.6) is 5.75 Å². The van der Waals surface area contributed by atoms with Gasteiger partial charge in [0.15, 0.2) is 20.9 Å². The highest BCUT2D eigenvalue weighted by Gasteiger charge is 2.52. The average Bonchev–Trinajstić information content (AvgIpc) is 3.50. The van der Waals surface area contributed by atoms with Crippen molar-refractivity contribution in [3.63, 3.8) is 0 Å². The third-order valence-corrected chi connectivity index (χ3v) is 23.6. The topological polar surface area (TPSA) is 81.7 Å². The highest BCUT2D eigenvalue weighted by atomic mass is 28.4. The smallest absolute Gasteiger partial charge is 0.342 e. The summed E-state index contributed by atoms with van der Waals surface area (Å²) in [7, 11) is -5.19. The van der Waals surface area contributed by atoms with Crippen LogP contribution in [-0.2, 0) is 27.8 Å². The number of rotatable bonds is 20. The Labute approximate surface area is 382 Å². The van der Waals surface area contributed by atoms with Gasteiger partial charge in [0.05, 0.1) is 18.8 Å². The normalized spacial score (nSPS) is 19.1. The summed E-state index contributed by atoms with van der Waals surface area (Å²) < 4.78 is 60.4. The van der Waals surface area contributed by atoms with Gasteiger partial charge in [-0.3, -0.25) is 0 Å². The van der Waals surface area contributed by atoms with E-state index in [1.807, 2.05) is 19.9 Å². The number of hydrogen-bond donors (Lipinski definition) is 0. The van der Waals surface area contributed by atoms with Crippen LogP contribution in [0.2, 0.25) is 48.9 Å². The summed E-state index contributed by atoms with van der Waals surface area (Å²) in [6.07, 6.45) is 6.59.